The van der Waals surface area contributed by atoms with Gasteiger partial charge in [0.1, 0.15) is 5.82 Å². The lowest BCUT2D eigenvalue weighted by Crippen LogP contribution is -2.33. The van der Waals surface area contributed by atoms with Crippen LogP contribution in [0, 0.1) is 0 Å². The fraction of sp³-hybridized carbons (Fsp3) is 0.308. The van der Waals surface area contributed by atoms with Gasteiger partial charge in [-0.05, 0) is 11.1 Å². The molecule has 0 bridgehead atoms. The summed E-state index contributed by atoms with van der Waals surface area (Å²) in [6.45, 7) is 2.57. The van der Waals surface area contributed by atoms with Gasteiger partial charge in [0.15, 0.2) is 0 Å². The van der Waals surface area contributed by atoms with E-state index in [1.165, 1.54) is 5.56 Å². The molecule has 94 valence electrons. The van der Waals surface area contributed by atoms with E-state index in [1.807, 2.05) is 6.07 Å². The maximum absolute atomic E-state index is 5.71. The molecule has 1 fully saturated rings. The van der Waals surface area contributed by atoms with Gasteiger partial charge in [0, 0.05) is 19.2 Å². The number of nitrogen functional groups attached to an aromatic ring is 1. The number of hydrogen-bond acceptors (Lipinski definition) is 4. The van der Waals surface area contributed by atoms with Crippen LogP contribution in [0.5, 0.6) is 0 Å². The van der Waals surface area contributed by atoms with Gasteiger partial charge in [0.2, 0.25) is 0 Å². The monoisotopic (exact) mass is 244 g/mol. The van der Waals surface area contributed by atoms with Crippen LogP contribution in [0.3, 0.4) is 0 Å². The lowest BCUT2D eigenvalue weighted by atomic mass is 10.0. The molecule has 0 amide bonds. The number of nitrogens with one attached hydrogen (secondary N) is 2. The Morgan fingerprint density at radius 3 is 2.72 bits per heavy atom. The minimum Gasteiger partial charge on any atom is -0.382 e. The van der Waals surface area contributed by atoms with Crippen molar-refractivity contribution in [1.82, 2.24) is 15.5 Å². The first-order valence-electron chi connectivity index (χ1n) is 6.06. The SMILES string of the molecule is Nc1cc(-c2ccc(C3CNCCO3)cc2)[nH]n1. The third kappa shape index (κ3) is 2.23. The van der Waals surface area contributed by atoms with E-state index in [4.69, 9.17) is 10.5 Å². The Balaban J connectivity index is 1.80. The molecular weight excluding hydrogens is 228 g/mol. The van der Waals surface area contributed by atoms with Gasteiger partial charge in [-0.3, -0.25) is 5.10 Å². The molecule has 2 aromatic rings. The van der Waals surface area contributed by atoms with Gasteiger partial charge in [-0.15, -0.1) is 0 Å². The third-order valence-corrected chi connectivity index (χ3v) is 3.12. The van der Waals surface area contributed by atoms with Gasteiger partial charge in [-0.2, -0.15) is 5.10 Å². The van der Waals surface area contributed by atoms with Crippen LogP contribution in [0.4, 0.5) is 5.82 Å². The van der Waals surface area contributed by atoms with E-state index >= 15 is 0 Å². The van der Waals surface area contributed by atoms with E-state index in [0.717, 1.165) is 31.0 Å². The van der Waals surface area contributed by atoms with E-state index < -0.39 is 0 Å². The minimum atomic E-state index is 0.152. The molecular formula is C13H16N4O. The van der Waals surface area contributed by atoms with Crippen LogP contribution in [0.1, 0.15) is 11.7 Å². The molecule has 1 aliphatic heterocycles. The number of benzene rings is 1. The highest BCUT2D eigenvalue weighted by molar-refractivity contribution is 5.62. The zero-order valence-electron chi connectivity index (χ0n) is 10.0. The number of anilines is 1. The lowest BCUT2D eigenvalue weighted by molar-refractivity contribution is 0.0277. The molecule has 5 nitrogen and oxygen atoms in total. The Bertz CT molecular complexity index is 514. The highest BCUT2D eigenvalue weighted by Crippen LogP contribution is 2.23. The molecule has 1 aromatic carbocycles. The summed E-state index contributed by atoms with van der Waals surface area (Å²) < 4.78 is 5.71. The average Bonchev–Trinajstić information content (AvgIpc) is 2.87. The normalized spacial score (nSPS) is 19.9. The maximum atomic E-state index is 5.71. The van der Waals surface area contributed by atoms with Crippen molar-refractivity contribution in [2.24, 2.45) is 0 Å². The Labute approximate surface area is 105 Å². The lowest BCUT2D eigenvalue weighted by Gasteiger charge is -2.24. The second-order valence-electron chi connectivity index (χ2n) is 4.39. The summed E-state index contributed by atoms with van der Waals surface area (Å²) in [6.07, 6.45) is 0.152. The van der Waals surface area contributed by atoms with E-state index in [9.17, 15) is 0 Å². The number of nitrogens with zero attached hydrogens (tertiary/aromatic N) is 1. The van der Waals surface area contributed by atoms with Crippen LogP contribution in [0.25, 0.3) is 11.3 Å². The Hall–Kier alpha value is -1.85. The van der Waals surface area contributed by atoms with Gasteiger partial charge in [-0.1, -0.05) is 24.3 Å². The zero-order valence-corrected chi connectivity index (χ0v) is 10.0. The quantitative estimate of drug-likeness (QED) is 0.744. The van der Waals surface area contributed by atoms with Crippen molar-refractivity contribution in [1.29, 1.82) is 0 Å². The van der Waals surface area contributed by atoms with Gasteiger partial charge in [0.25, 0.3) is 0 Å². The number of ether oxygens (including phenoxy) is 1. The summed E-state index contributed by atoms with van der Waals surface area (Å²) in [5.74, 6) is 0.508. The highest BCUT2D eigenvalue weighted by atomic mass is 16.5. The predicted molar refractivity (Wildman–Crippen MR) is 70.0 cm³/mol. The molecule has 1 aromatic heterocycles. The van der Waals surface area contributed by atoms with Gasteiger partial charge in [0.05, 0.1) is 18.4 Å². The number of aromatic nitrogens is 2. The first-order chi connectivity index (χ1) is 8.83. The van der Waals surface area contributed by atoms with Gasteiger partial charge >= 0.3 is 0 Å². The molecule has 0 spiro atoms. The first-order valence-corrected chi connectivity index (χ1v) is 6.06. The molecule has 5 heteroatoms. The fourth-order valence-corrected chi connectivity index (χ4v) is 2.14. The molecule has 0 radical (unpaired) electrons. The molecule has 1 saturated heterocycles. The van der Waals surface area contributed by atoms with E-state index in [0.29, 0.717) is 5.82 Å². The molecule has 18 heavy (non-hydrogen) atoms. The largest absolute Gasteiger partial charge is 0.382 e. The van der Waals surface area contributed by atoms with Gasteiger partial charge in [-0.25, -0.2) is 0 Å². The molecule has 1 aliphatic rings. The van der Waals surface area contributed by atoms with E-state index in [2.05, 4.69) is 39.8 Å². The zero-order chi connectivity index (χ0) is 12.4. The molecule has 4 N–H and O–H groups in total. The molecule has 1 unspecified atom stereocenters. The number of nitrogens with two attached hydrogens (primary N) is 1. The van der Waals surface area contributed by atoms with Crippen molar-refractivity contribution in [3.63, 3.8) is 0 Å². The predicted octanol–water partition coefficient (Wildman–Crippen LogP) is 1.32. The first kappa shape index (κ1) is 11.3. The molecule has 2 heterocycles. The summed E-state index contributed by atoms with van der Waals surface area (Å²) >= 11 is 0. The van der Waals surface area contributed by atoms with E-state index in [1.54, 1.807) is 0 Å². The third-order valence-electron chi connectivity index (χ3n) is 3.12. The number of hydrogen-bond donors (Lipinski definition) is 3. The van der Waals surface area contributed by atoms with Crippen LogP contribution >= 0.6 is 0 Å². The van der Waals surface area contributed by atoms with Gasteiger partial charge < -0.3 is 15.8 Å². The van der Waals surface area contributed by atoms with Crippen LogP contribution in [0.15, 0.2) is 30.3 Å². The van der Waals surface area contributed by atoms with Crippen LogP contribution in [-0.2, 0) is 4.74 Å². The highest BCUT2D eigenvalue weighted by Gasteiger charge is 2.15. The number of H-pyrrole nitrogens is 1. The van der Waals surface area contributed by atoms with Crippen molar-refractivity contribution in [2.75, 3.05) is 25.4 Å². The second-order valence-corrected chi connectivity index (χ2v) is 4.39. The van der Waals surface area contributed by atoms with Crippen molar-refractivity contribution in [2.45, 2.75) is 6.10 Å². The van der Waals surface area contributed by atoms with Crippen LogP contribution in [0.2, 0.25) is 0 Å². The molecule has 0 aliphatic carbocycles. The van der Waals surface area contributed by atoms with Crippen molar-refractivity contribution in [3.8, 4) is 11.3 Å². The number of rotatable bonds is 2. The number of morpholine rings is 1. The van der Waals surface area contributed by atoms with E-state index in [-0.39, 0.29) is 6.10 Å². The summed E-state index contributed by atoms with van der Waals surface area (Å²) in [5, 5.41) is 10.2. The summed E-state index contributed by atoms with van der Waals surface area (Å²) in [4.78, 5) is 0. The minimum absolute atomic E-state index is 0.152. The summed E-state index contributed by atoms with van der Waals surface area (Å²) in [5.41, 5.74) is 8.79. The standard InChI is InChI=1S/C13H16N4O/c14-13-7-11(16-17-13)9-1-3-10(4-2-9)12-8-15-5-6-18-12/h1-4,7,12,15H,5-6,8H2,(H3,14,16,17). The maximum Gasteiger partial charge on any atom is 0.145 e. The summed E-state index contributed by atoms with van der Waals surface area (Å²) in [7, 11) is 0. The van der Waals surface area contributed by atoms with Crippen molar-refractivity contribution in [3.05, 3.63) is 35.9 Å². The molecule has 1 atom stereocenters. The summed E-state index contributed by atoms with van der Waals surface area (Å²) in [6, 6.07) is 10.1. The van der Waals surface area contributed by atoms with Crippen molar-refractivity contribution < 1.29 is 4.74 Å². The smallest absolute Gasteiger partial charge is 0.145 e. The van der Waals surface area contributed by atoms with Crippen LogP contribution in [-0.4, -0.2) is 29.9 Å². The molecule has 3 rings (SSSR count). The van der Waals surface area contributed by atoms with Crippen LogP contribution < -0.4 is 11.1 Å². The molecule has 0 saturated carbocycles. The topological polar surface area (TPSA) is 76.0 Å². The number of aromatic amines is 1. The Kier molecular flexibility index (Phi) is 3.00. The fourth-order valence-electron chi connectivity index (χ4n) is 2.14. The Morgan fingerprint density at radius 2 is 2.11 bits per heavy atom. The second kappa shape index (κ2) is 4.80. The Morgan fingerprint density at radius 1 is 1.28 bits per heavy atom. The van der Waals surface area contributed by atoms with Crippen molar-refractivity contribution >= 4 is 5.82 Å². The average molecular weight is 244 g/mol.